The molecule has 8 heteroatoms. The number of nitrogens with zero attached hydrogens (tertiary/aromatic N) is 6. The van der Waals surface area contributed by atoms with Crippen LogP contribution in [0.4, 0.5) is 5.95 Å². The Bertz CT molecular complexity index is 1010. The molecule has 25 heavy (non-hydrogen) atoms. The molecule has 0 saturated carbocycles. The number of carbonyl (C=O) groups is 1. The molecule has 1 aliphatic heterocycles. The molecule has 0 bridgehead atoms. The number of tetrazole rings is 1. The molecule has 1 aliphatic rings. The van der Waals surface area contributed by atoms with E-state index in [-0.39, 0.29) is 11.8 Å². The number of benzene rings is 1. The van der Waals surface area contributed by atoms with Gasteiger partial charge in [0, 0.05) is 35.8 Å². The van der Waals surface area contributed by atoms with Crippen LogP contribution in [0.1, 0.15) is 31.1 Å². The van der Waals surface area contributed by atoms with E-state index >= 15 is 0 Å². The molecular weight excluding hydrogens is 318 g/mol. The molecule has 1 N–H and O–H groups in total. The van der Waals surface area contributed by atoms with Gasteiger partial charge in [-0.15, -0.1) is 0 Å². The Kier molecular flexibility index (Phi) is 3.41. The topological polar surface area (TPSA) is 92.6 Å². The first kappa shape index (κ1) is 15.5. The largest absolute Gasteiger partial charge is 0.316 e. The molecule has 0 amide bonds. The van der Waals surface area contributed by atoms with Gasteiger partial charge in [-0.1, -0.05) is 11.2 Å². The summed E-state index contributed by atoms with van der Waals surface area (Å²) in [7, 11) is 1.87. The van der Waals surface area contributed by atoms with E-state index in [4.69, 9.17) is 0 Å². The second-order valence-corrected chi connectivity index (χ2v) is 6.46. The molecule has 4 rings (SSSR count). The van der Waals surface area contributed by atoms with Crippen molar-refractivity contribution in [1.82, 2.24) is 30.4 Å². The molecule has 2 aromatic heterocycles. The number of aromatic amines is 1. The molecule has 1 aromatic carbocycles. The first-order valence-corrected chi connectivity index (χ1v) is 8.16. The van der Waals surface area contributed by atoms with E-state index in [1.165, 1.54) is 0 Å². The van der Waals surface area contributed by atoms with E-state index in [9.17, 15) is 4.79 Å². The van der Waals surface area contributed by atoms with Gasteiger partial charge in [0.05, 0.1) is 11.6 Å². The third-order valence-corrected chi connectivity index (χ3v) is 4.93. The zero-order valence-electron chi connectivity index (χ0n) is 14.6. The van der Waals surface area contributed by atoms with Crippen LogP contribution in [0.2, 0.25) is 0 Å². The van der Waals surface area contributed by atoms with Crippen LogP contribution in [0.15, 0.2) is 29.5 Å². The number of allylic oxidation sites excluding steroid dienone is 2. The monoisotopic (exact) mass is 337 g/mol. The SMILES string of the molecule is CC1=C(C(=O)Cc2ccc3n[nH]c(C)c3c2)C(C)n2nnnc2N1C. The summed E-state index contributed by atoms with van der Waals surface area (Å²) < 4.78 is 1.68. The lowest BCUT2D eigenvalue weighted by molar-refractivity contribution is -0.115. The molecule has 8 nitrogen and oxygen atoms in total. The summed E-state index contributed by atoms with van der Waals surface area (Å²) in [5, 5.41) is 20.0. The summed E-state index contributed by atoms with van der Waals surface area (Å²) in [5.74, 6) is 0.732. The van der Waals surface area contributed by atoms with Crippen LogP contribution in [0.25, 0.3) is 10.9 Å². The fraction of sp³-hybridized carbons (Fsp3) is 0.353. The van der Waals surface area contributed by atoms with Gasteiger partial charge in [-0.3, -0.25) is 9.89 Å². The van der Waals surface area contributed by atoms with Gasteiger partial charge >= 0.3 is 0 Å². The number of aryl methyl sites for hydroxylation is 1. The Labute approximate surface area is 144 Å². The van der Waals surface area contributed by atoms with Crippen molar-refractivity contribution in [2.45, 2.75) is 33.2 Å². The number of fused-ring (bicyclic) bond motifs is 2. The van der Waals surface area contributed by atoms with Gasteiger partial charge in [0.1, 0.15) is 0 Å². The molecule has 1 unspecified atom stereocenters. The lowest BCUT2D eigenvalue weighted by Gasteiger charge is -2.30. The maximum atomic E-state index is 13.0. The van der Waals surface area contributed by atoms with Crippen LogP contribution in [0.5, 0.6) is 0 Å². The zero-order valence-corrected chi connectivity index (χ0v) is 14.6. The fourth-order valence-electron chi connectivity index (χ4n) is 3.43. The van der Waals surface area contributed by atoms with Crippen molar-refractivity contribution in [3.63, 3.8) is 0 Å². The average molecular weight is 337 g/mol. The maximum Gasteiger partial charge on any atom is 0.250 e. The lowest BCUT2D eigenvalue weighted by atomic mass is 9.94. The van der Waals surface area contributed by atoms with Crippen molar-refractivity contribution in [2.75, 3.05) is 11.9 Å². The maximum absolute atomic E-state index is 13.0. The molecule has 128 valence electrons. The normalized spacial score (nSPS) is 17.3. The summed E-state index contributed by atoms with van der Waals surface area (Å²) in [6.07, 6.45) is 0.336. The first-order valence-electron chi connectivity index (χ1n) is 8.16. The highest BCUT2D eigenvalue weighted by molar-refractivity contribution is 5.99. The molecule has 3 aromatic rings. The van der Waals surface area contributed by atoms with Gasteiger partial charge in [0.15, 0.2) is 5.78 Å². The summed E-state index contributed by atoms with van der Waals surface area (Å²) in [5.41, 5.74) is 4.52. The van der Waals surface area contributed by atoms with Gasteiger partial charge in [0.2, 0.25) is 5.95 Å². The molecule has 1 atom stereocenters. The second-order valence-electron chi connectivity index (χ2n) is 6.46. The summed E-state index contributed by atoms with van der Waals surface area (Å²) >= 11 is 0. The standard InChI is InChI=1S/C17H19N7O/c1-9-13-7-12(5-6-14(13)19-18-9)8-15(25)16-10(2)23(4)17-20-21-22-24(17)11(16)3/h5-7,11H,8H2,1-4H3,(H,18,19). The van der Waals surface area contributed by atoms with Crippen molar-refractivity contribution in [3.8, 4) is 0 Å². The molecule has 0 aliphatic carbocycles. The van der Waals surface area contributed by atoms with Crippen molar-refractivity contribution in [1.29, 1.82) is 0 Å². The Morgan fingerprint density at radius 3 is 2.92 bits per heavy atom. The minimum atomic E-state index is -0.187. The van der Waals surface area contributed by atoms with Crippen LogP contribution in [0, 0.1) is 6.92 Å². The first-order chi connectivity index (χ1) is 12.0. The van der Waals surface area contributed by atoms with Crippen molar-refractivity contribution in [3.05, 3.63) is 40.7 Å². The highest BCUT2D eigenvalue weighted by Gasteiger charge is 2.32. The number of aromatic nitrogens is 6. The highest BCUT2D eigenvalue weighted by atomic mass is 16.1. The molecule has 3 heterocycles. The predicted molar refractivity (Wildman–Crippen MR) is 93.2 cm³/mol. The van der Waals surface area contributed by atoms with E-state index in [0.29, 0.717) is 12.4 Å². The summed E-state index contributed by atoms with van der Waals surface area (Å²) in [6, 6.07) is 5.74. The smallest absolute Gasteiger partial charge is 0.250 e. The number of rotatable bonds is 3. The number of anilines is 1. The van der Waals surface area contributed by atoms with Gasteiger partial charge in [-0.2, -0.15) is 5.10 Å². The predicted octanol–water partition coefficient (Wildman–Crippen LogP) is 1.95. The number of ketones is 1. The number of hydrogen-bond donors (Lipinski definition) is 1. The number of Topliss-reactive ketones (excluding diaryl/α,β-unsaturated/α-hetero) is 1. The minimum Gasteiger partial charge on any atom is -0.316 e. The van der Waals surface area contributed by atoms with Crippen LogP contribution in [0.3, 0.4) is 0 Å². The molecule has 0 spiro atoms. The van der Waals surface area contributed by atoms with Crippen molar-refractivity contribution >= 4 is 22.6 Å². The molecular formula is C17H19N7O. The van der Waals surface area contributed by atoms with Crippen molar-refractivity contribution < 1.29 is 4.79 Å². The van der Waals surface area contributed by atoms with Crippen LogP contribution >= 0.6 is 0 Å². The summed E-state index contributed by atoms with van der Waals surface area (Å²) in [6.45, 7) is 5.86. The molecule has 0 saturated heterocycles. The van der Waals surface area contributed by atoms with E-state index in [2.05, 4.69) is 25.7 Å². The van der Waals surface area contributed by atoms with E-state index < -0.39 is 0 Å². The van der Waals surface area contributed by atoms with Gasteiger partial charge in [0.25, 0.3) is 0 Å². The zero-order chi connectivity index (χ0) is 17.7. The van der Waals surface area contributed by atoms with E-state index in [0.717, 1.165) is 33.4 Å². The number of H-pyrrole nitrogens is 1. The third-order valence-electron chi connectivity index (χ3n) is 4.93. The van der Waals surface area contributed by atoms with E-state index in [1.54, 1.807) is 4.68 Å². The minimum absolute atomic E-state index is 0.0819. The van der Waals surface area contributed by atoms with Crippen LogP contribution in [-0.2, 0) is 11.2 Å². The number of nitrogens with one attached hydrogen (secondary N) is 1. The number of hydrogen-bond acceptors (Lipinski definition) is 6. The molecule has 0 radical (unpaired) electrons. The Hall–Kier alpha value is -3.03. The van der Waals surface area contributed by atoms with Gasteiger partial charge in [-0.05, 0) is 48.9 Å². The lowest BCUT2D eigenvalue weighted by Crippen LogP contribution is -2.32. The highest BCUT2D eigenvalue weighted by Crippen LogP contribution is 2.33. The second kappa shape index (κ2) is 5.51. The molecule has 0 fully saturated rings. The average Bonchev–Trinajstić information content (AvgIpc) is 3.21. The Morgan fingerprint density at radius 2 is 2.12 bits per heavy atom. The van der Waals surface area contributed by atoms with Crippen LogP contribution in [-0.4, -0.2) is 43.2 Å². The fourth-order valence-corrected chi connectivity index (χ4v) is 3.43. The number of carbonyl (C=O) groups excluding carboxylic acids is 1. The van der Waals surface area contributed by atoms with Crippen molar-refractivity contribution in [2.24, 2.45) is 0 Å². The van der Waals surface area contributed by atoms with Gasteiger partial charge in [-0.25, -0.2) is 4.68 Å². The van der Waals surface area contributed by atoms with Gasteiger partial charge < -0.3 is 4.90 Å². The van der Waals surface area contributed by atoms with E-state index in [1.807, 2.05) is 50.9 Å². The quantitative estimate of drug-likeness (QED) is 0.785. The Balaban J connectivity index is 1.67. The van der Waals surface area contributed by atoms with Crippen LogP contribution < -0.4 is 4.90 Å². The third kappa shape index (κ3) is 2.33. The summed E-state index contributed by atoms with van der Waals surface area (Å²) in [4.78, 5) is 14.9. The Morgan fingerprint density at radius 1 is 1.32 bits per heavy atom.